The maximum atomic E-state index is 12.8. The van der Waals surface area contributed by atoms with Crippen LogP contribution in [0.25, 0.3) is 5.69 Å². The van der Waals surface area contributed by atoms with Gasteiger partial charge in [-0.3, -0.25) is 14.3 Å². The van der Waals surface area contributed by atoms with Crippen LogP contribution in [-0.4, -0.2) is 26.6 Å². The van der Waals surface area contributed by atoms with Gasteiger partial charge < -0.3 is 0 Å². The smallest absolute Gasteiger partial charge is 0.186 e. The van der Waals surface area contributed by atoms with Gasteiger partial charge in [0.1, 0.15) is 0 Å². The lowest BCUT2D eigenvalue weighted by molar-refractivity contribution is 0.0977. The largest absolute Gasteiger partial charge is 0.295 e. The molecule has 0 amide bonds. The number of ketones is 1. The van der Waals surface area contributed by atoms with E-state index in [2.05, 4.69) is 16.0 Å². The van der Waals surface area contributed by atoms with Gasteiger partial charge >= 0.3 is 0 Å². The lowest BCUT2D eigenvalue weighted by Crippen LogP contribution is -2.13. The molecule has 0 aliphatic heterocycles. The van der Waals surface area contributed by atoms with E-state index in [4.69, 9.17) is 0 Å². The van der Waals surface area contributed by atoms with Crippen molar-refractivity contribution < 1.29 is 4.79 Å². The first kappa shape index (κ1) is 16.0. The molecular formula is C18H14N4OS. The Morgan fingerprint density at radius 2 is 2.08 bits per heavy atom. The maximum Gasteiger partial charge on any atom is 0.186 e. The third-order valence-electron chi connectivity index (χ3n) is 3.57. The average Bonchev–Trinajstić information content (AvgIpc) is 3.12. The number of imidazole rings is 1. The zero-order valence-electron chi connectivity index (χ0n) is 13.0. The Morgan fingerprint density at radius 3 is 2.79 bits per heavy atom. The van der Waals surface area contributed by atoms with Crippen LogP contribution in [0.4, 0.5) is 0 Å². The van der Waals surface area contributed by atoms with E-state index in [1.165, 1.54) is 11.8 Å². The fraction of sp³-hybridized carbons (Fsp3) is 0.111. The summed E-state index contributed by atoms with van der Waals surface area (Å²) in [6.07, 6.45) is 7.09. The van der Waals surface area contributed by atoms with Gasteiger partial charge in [-0.05, 0) is 30.5 Å². The molecule has 0 spiro atoms. The number of carbonyl (C=O) groups excluding carboxylic acids is 1. The normalized spacial score (nSPS) is 11.7. The molecule has 2 heterocycles. The van der Waals surface area contributed by atoms with Gasteiger partial charge in [0.05, 0.1) is 11.8 Å². The molecule has 3 rings (SSSR count). The van der Waals surface area contributed by atoms with Crippen molar-refractivity contribution in [3.8, 4) is 11.8 Å². The predicted octanol–water partition coefficient (Wildman–Crippen LogP) is 3.48. The minimum atomic E-state index is -0.913. The van der Waals surface area contributed by atoms with Crippen LogP contribution in [-0.2, 0) is 0 Å². The van der Waals surface area contributed by atoms with Crippen molar-refractivity contribution in [1.82, 2.24) is 14.5 Å². The van der Waals surface area contributed by atoms with E-state index in [9.17, 15) is 10.1 Å². The van der Waals surface area contributed by atoms with Crippen molar-refractivity contribution in [3.05, 3.63) is 72.3 Å². The molecule has 0 saturated heterocycles. The van der Waals surface area contributed by atoms with Crippen LogP contribution in [0.15, 0.2) is 66.2 Å². The molecule has 0 N–H and O–H groups in total. The van der Waals surface area contributed by atoms with Gasteiger partial charge in [0.25, 0.3) is 0 Å². The van der Waals surface area contributed by atoms with Gasteiger partial charge in [0.15, 0.2) is 16.9 Å². The van der Waals surface area contributed by atoms with Crippen LogP contribution in [0, 0.1) is 11.3 Å². The Labute approximate surface area is 144 Å². The topological polar surface area (TPSA) is 71.6 Å². The standard InChI is InChI=1S/C18H14N4OS/c1-24-18-21-9-10-22(18)14-6-4-5-13(11-14)17(23)15(12-19)16-7-2-3-8-20-16/h2-11,15H,1H3/t15-/m0/s1. The zero-order chi connectivity index (χ0) is 16.9. The summed E-state index contributed by atoms with van der Waals surface area (Å²) in [5.74, 6) is -1.17. The summed E-state index contributed by atoms with van der Waals surface area (Å²) in [5.41, 5.74) is 1.77. The molecule has 0 aliphatic carbocycles. The van der Waals surface area contributed by atoms with Gasteiger partial charge in [0, 0.05) is 29.8 Å². The summed E-state index contributed by atoms with van der Waals surface area (Å²) in [6, 6.07) is 14.5. The second kappa shape index (κ2) is 7.11. The number of aromatic nitrogens is 3. The number of nitrogens with zero attached hydrogens (tertiary/aromatic N) is 4. The lowest BCUT2D eigenvalue weighted by atomic mass is 9.95. The van der Waals surface area contributed by atoms with Gasteiger partial charge in [-0.25, -0.2) is 4.98 Å². The summed E-state index contributed by atoms with van der Waals surface area (Å²) in [4.78, 5) is 21.2. The van der Waals surface area contributed by atoms with Crippen LogP contribution in [0.1, 0.15) is 22.0 Å². The SMILES string of the molecule is CSc1nccn1-c1cccc(C(=O)[C@@H](C#N)c2ccccn2)c1. The molecule has 2 aromatic heterocycles. The van der Waals surface area contributed by atoms with E-state index in [1.807, 2.05) is 23.1 Å². The Bertz CT molecular complexity index is 899. The van der Waals surface area contributed by atoms with E-state index in [-0.39, 0.29) is 5.78 Å². The molecule has 0 unspecified atom stereocenters. The molecule has 6 heteroatoms. The van der Waals surface area contributed by atoms with E-state index >= 15 is 0 Å². The molecule has 1 aromatic carbocycles. The minimum Gasteiger partial charge on any atom is -0.295 e. The quantitative estimate of drug-likeness (QED) is 0.528. The third-order valence-corrected chi connectivity index (χ3v) is 4.24. The van der Waals surface area contributed by atoms with Crippen molar-refractivity contribution >= 4 is 17.5 Å². The van der Waals surface area contributed by atoms with E-state index in [0.717, 1.165) is 10.8 Å². The summed E-state index contributed by atoms with van der Waals surface area (Å²) >= 11 is 1.52. The fourth-order valence-corrected chi connectivity index (χ4v) is 2.95. The molecule has 0 bridgehead atoms. The predicted molar refractivity (Wildman–Crippen MR) is 92.3 cm³/mol. The number of rotatable bonds is 5. The van der Waals surface area contributed by atoms with Crippen LogP contribution in [0.2, 0.25) is 0 Å². The van der Waals surface area contributed by atoms with Gasteiger partial charge in [-0.2, -0.15) is 5.26 Å². The molecule has 5 nitrogen and oxygen atoms in total. The molecule has 0 saturated carbocycles. The highest BCUT2D eigenvalue weighted by molar-refractivity contribution is 7.98. The average molecular weight is 334 g/mol. The van der Waals surface area contributed by atoms with Crippen LogP contribution < -0.4 is 0 Å². The summed E-state index contributed by atoms with van der Waals surface area (Å²) in [7, 11) is 0. The highest BCUT2D eigenvalue weighted by Crippen LogP contribution is 2.22. The molecular weight excluding hydrogens is 320 g/mol. The van der Waals surface area contributed by atoms with Gasteiger partial charge in [-0.15, -0.1) is 0 Å². The third kappa shape index (κ3) is 3.07. The highest BCUT2D eigenvalue weighted by atomic mass is 32.2. The Hall–Kier alpha value is -2.91. The number of pyridine rings is 1. The first-order valence-electron chi connectivity index (χ1n) is 7.27. The molecule has 0 fully saturated rings. The molecule has 24 heavy (non-hydrogen) atoms. The van der Waals surface area contributed by atoms with Crippen molar-refractivity contribution in [2.75, 3.05) is 6.26 Å². The maximum absolute atomic E-state index is 12.8. The molecule has 0 aliphatic rings. The summed E-state index contributed by atoms with van der Waals surface area (Å²) in [6.45, 7) is 0. The highest BCUT2D eigenvalue weighted by Gasteiger charge is 2.23. The van der Waals surface area contributed by atoms with Crippen molar-refractivity contribution in [2.24, 2.45) is 0 Å². The van der Waals surface area contributed by atoms with E-state index in [1.54, 1.807) is 48.8 Å². The Kier molecular flexibility index (Phi) is 4.73. The lowest BCUT2D eigenvalue weighted by Gasteiger charge is -2.10. The molecule has 0 radical (unpaired) electrons. The van der Waals surface area contributed by atoms with Gasteiger partial charge in [-0.1, -0.05) is 30.0 Å². The first-order valence-corrected chi connectivity index (χ1v) is 8.49. The molecule has 3 aromatic rings. The molecule has 1 atom stereocenters. The van der Waals surface area contributed by atoms with Gasteiger partial charge in [0.2, 0.25) is 0 Å². The summed E-state index contributed by atoms with van der Waals surface area (Å²) in [5, 5.41) is 10.3. The number of Topliss-reactive ketones (excluding diaryl/α,β-unsaturated/α-hetero) is 1. The Balaban J connectivity index is 1.97. The van der Waals surface area contributed by atoms with Crippen LogP contribution in [0.3, 0.4) is 0 Å². The number of benzene rings is 1. The van der Waals surface area contributed by atoms with E-state index in [0.29, 0.717) is 11.3 Å². The number of hydrogen-bond acceptors (Lipinski definition) is 5. The monoisotopic (exact) mass is 334 g/mol. The van der Waals surface area contributed by atoms with Crippen molar-refractivity contribution in [1.29, 1.82) is 5.26 Å². The second-order valence-corrected chi connectivity index (χ2v) is 5.79. The van der Waals surface area contributed by atoms with Crippen LogP contribution in [0.5, 0.6) is 0 Å². The fourth-order valence-electron chi connectivity index (χ4n) is 2.42. The van der Waals surface area contributed by atoms with Crippen LogP contribution >= 0.6 is 11.8 Å². The van der Waals surface area contributed by atoms with Crippen molar-refractivity contribution in [2.45, 2.75) is 11.1 Å². The zero-order valence-corrected chi connectivity index (χ0v) is 13.8. The van der Waals surface area contributed by atoms with Crippen molar-refractivity contribution in [3.63, 3.8) is 0 Å². The number of thioether (sulfide) groups is 1. The Morgan fingerprint density at radius 1 is 1.21 bits per heavy atom. The minimum absolute atomic E-state index is 0.260. The summed E-state index contributed by atoms with van der Waals surface area (Å²) < 4.78 is 1.91. The first-order chi connectivity index (χ1) is 11.7. The molecule has 118 valence electrons. The second-order valence-electron chi connectivity index (χ2n) is 5.02. The number of carbonyl (C=O) groups is 1. The number of hydrogen-bond donors (Lipinski definition) is 0. The number of nitriles is 1. The van der Waals surface area contributed by atoms with E-state index < -0.39 is 5.92 Å².